The van der Waals surface area contributed by atoms with Gasteiger partial charge in [0.2, 0.25) is 0 Å². The molecule has 0 amide bonds. The maximum absolute atomic E-state index is 11.2. The molecular formula is C9H18O2S. The largest absolute Gasteiger partial charge is 0.229 e. The van der Waals surface area contributed by atoms with Crippen molar-refractivity contribution in [2.75, 3.05) is 6.26 Å². The van der Waals surface area contributed by atoms with Crippen LogP contribution < -0.4 is 0 Å². The second-order valence-electron chi connectivity index (χ2n) is 4.27. The van der Waals surface area contributed by atoms with Crippen molar-refractivity contribution in [2.24, 2.45) is 11.8 Å². The highest BCUT2D eigenvalue weighted by Crippen LogP contribution is 2.34. The highest BCUT2D eigenvalue weighted by atomic mass is 32.2. The smallest absolute Gasteiger partial charge is 0.150 e. The standard InChI is InChI=1S/C9H18O2S/c1-7(2)8-4-5-9(6-8)12(3,10)11/h7-9H,4-6H2,1-3H3. The normalized spacial score (nSPS) is 31.3. The molecular weight excluding hydrogens is 172 g/mol. The Morgan fingerprint density at radius 3 is 2.08 bits per heavy atom. The summed E-state index contributed by atoms with van der Waals surface area (Å²) in [5.74, 6) is 1.27. The van der Waals surface area contributed by atoms with Crippen LogP contribution >= 0.6 is 0 Å². The van der Waals surface area contributed by atoms with Gasteiger partial charge < -0.3 is 0 Å². The highest BCUT2D eigenvalue weighted by Gasteiger charge is 2.32. The van der Waals surface area contributed by atoms with Gasteiger partial charge in [0.1, 0.15) is 9.84 Å². The summed E-state index contributed by atoms with van der Waals surface area (Å²) >= 11 is 0. The van der Waals surface area contributed by atoms with Gasteiger partial charge in [-0.15, -0.1) is 0 Å². The molecule has 0 radical (unpaired) electrons. The van der Waals surface area contributed by atoms with E-state index in [2.05, 4.69) is 13.8 Å². The molecule has 2 nitrogen and oxygen atoms in total. The molecule has 0 aromatic heterocycles. The van der Waals surface area contributed by atoms with Crippen LogP contribution in [0.3, 0.4) is 0 Å². The summed E-state index contributed by atoms with van der Waals surface area (Å²) in [6.07, 6.45) is 4.22. The first-order valence-electron chi connectivity index (χ1n) is 4.60. The maximum Gasteiger partial charge on any atom is 0.150 e. The first-order chi connectivity index (χ1) is 5.41. The lowest BCUT2D eigenvalue weighted by molar-refractivity contribution is 0.396. The molecule has 0 aromatic rings. The molecule has 2 atom stereocenters. The van der Waals surface area contributed by atoms with E-state index >= 15 is 0 Å². The maximum atomic E-state index is 11.2. The van der Waals surface area contributed by atoms with E-state index in [4.69, 9.17) is 0 Å². The van der Waals surface area contributed by atoms with Gasteiger partial charge in [-0.1, -0.05) is 13.8 Å². The first-order valence-corrected chi connectivity index (χ1v) is 6.55. The van der Waals surface area contributed by atoms with E-state index in [1.165, 1.54) is 6.26 Å². The summed E-state index contributed by atoms with van der Waals surface area (Å²) in [5.41, 5.74) is 0. The topological polar surface area (TPSA) is 34.1 Å². The molecule has 12 heavy (non-hydrogen) atoms. The Kier molecular flexibility index (Phi) is 2.81. The van der Waals surface area contributed by atoms with Crippen LogP contribution in [0.2, 0.25) is 0 Å². The van der Waals surface area contributed by atoms with Crippen molar-refractivity contribution in [3.8, 4) is 0 Å². The molecule has 1 aliphatic rings. The van der Waals surface area contributed by atoms with Gasteiger partial charge in [-0.25, -0.2) is 8.42 Å². The Hall–Kier alpha value is -0.0500. The molecule has 0 aliphatic heterocycles. The van der Waals surface area contributed by atoms with Crippen LogP contribution in [0.5, 0.6) is 0 Å². The predicted molar refractivity (Wildman–Crippen MR) is 50.8 cm³/mol. The lowest BCUT2D eigenvalue weighted by Gasteiger charge is -2.13. The van der Waals surface area contributed by atoms with Crippen LogP contribution in [0.15, 0.2) is 0 Å². The fourth-order valence-corrected chi connectivity index (χ4v) is 3.13. The van der Waals surface area contributed by atoms with Gasteiger partial charge in [-0.3, -0.25) is 0 Å². The zero-order valence-corrected chi connectivity index (χ0v) is 8.89. The molecule has 1 aliphatic carbocycles. The van der Waals surface area contributed by atoms with Crippen LogP contribution in [0.4, 0.5) is 0 Å². The summed E-state index contributed by atoms with van der Waals surface area (Å²) in [7, 11) is -2.77. The monoisotopic (exact) mass is 190 g/mol. The van der Waals surface area contributed by atoms with Gasteiger partial charge in [0.15, 0.2) is 0 Å². The molecule has 0 saturated heterocycles. The Morgan fingerprint density at radius 2 is 1.83 bits per heavy atom. The summed E-state index contributed by atoms with van der Waals surface area (Å²) in [6.45, 7) is 4.35. The minimum atomic E-state index is -2.77. The van der Waals surface area contributed by atoms with Crippen molar-refractivity contribution in [1.29, 1.82) is 0 Å². The SMILES string of the molecule is CC(C)C1CCC(S(C)(=O)=O)C1. The van der Waals surface area contributed by atoms with Crippen LogP contribution in [-0.4, -0.2) is 19.9 Å². The van der Waals surface area contributed by atoms with Crippen LogP contribution in [-0.2, 0) is 9.84 Å². The van der Waals surface area contributed by atoms with Crippen molar-refractivity contribution in [1.82, 2.24) is 0 Å². The summed E-state index contributed by atoms with van der Waals surface area (Å²) in [5, 5.41) is -0.0510. The third-order valence-electron chi connectivity index (χ3n) is 2.97. The van der Waals surface area contributed by atoms with Crippen LogP contribution in [0.25, 0.3) is 0 Å². The Morgan fingerprint density at radius 1 is 1.25 bits per heavy atom. The summed E-state index contributed by atoms with van der Waals surface area (Å²) < 4.78 is 22.4. The Labute approximate surface area is 75.3 Å². The molecule has 0 spiro atoms. The zero-order valence-electron chi connectivity index (χ0n) is 8.08. The molecule has 1 fully saturated rings. The molecule has 0 aromatic carbocycles. The lowest BCUT2D eigenvalue weighted by Crippen LogP contribution is -2.17. The van der Waals surface area contributed by atoms with E-state index in [9.17, 15) is 8.42 Å². The molecule has 2 unspecified atom stereocenters. The zero-order chi connectivity index (χ0) is 9.35. The molecule has 1 saturated carbocycles. The minimum Gasteiger partial charge on any atom is -0.229 e. The van der Waals surface area contributed by atoms with E-state index < -0.39 is 9.84 Å². The van der Waals surface area contributed by atoms with Crippen molar-refractivity contribution in [3.05, 3.63) is 0 Å². The second kappa shape index (κ2) is 3.36. The minimum absolute atomic E-state index is 0.0510. The summed E-state index contributed by atoms with van der Waals surface area (Å²) in [6, 6.07) is 0. The lowest BCUT2D eigenvalue weighted by atomic mass is 9.95. The van der Waals surface area contributed by atoms with E-state index in [1.807, 2.05) is 0 Å². The van der Waals surface area contributed by atoms with Gasteiger partial charge in [0.25, 0.3) is 0 Å². The van der Waals surface area contributed by atoms with Gasteiger partial charge in [0, 0.05) is 6.26 Å². The quantitative estimate of drug-likeness (QED) is 0.666. The van der Waals surface area contributed by atoms with Crippen molar-refractivity contribution in [3.63, 3.8) is 0 Å². The molecule has 0 heterocycles. The van der Waals surface area contributed by atoms with Gasteiger partial charge >= 0.3 is 0 Å². The highest BCUT2D eigenvalue weighted by molar-refractivity contribution is 7.91. The third-order valence-corrected chi connectivity index (χ3v) is 4.61. The van der Waals surface area contributed by atoms with E-state index in [1.54, 1.807) is 0 Å². The second-order valence-corrected chi connectivity index (χ2v) is 6.59. The number of hydrogen-bond donors (Lipinski definition) is 0. The van der Waals surface area contributed by atoms with Crippen molar-refractivity contribution < 1.29 is 8.42 Å². The summed E-state index contributed by atoms with van der Waals surface area (Å²) in [4.78, 5) is 0. The first kappa shape index (κ1) is 10.0. The predicted octanol–water partition coefficient (Wildman–Crippen LogP) is 1.86. The molecule has 1 rings (SSSR count). The van der Waals surface area contributed by atoms with Crippen LogP contribution in [0, 0.1) is 11.8 Å². The van der Waals surface area contributed by atoms with Gasteiger partial charge in [-0.2, -0.15) is 0 Å². The molecule has 3 heteroatoms. The average Bonchev–Trinajstić information content (AvgIpc) is 2.30. The van der Waals surface area contributed by atoms with Crippen molar-refractivity contribution in [2.45, 2.75) is 38.4 Å². The van der Waals surface area contributed by atoms with Crippen LogP contribution in [0.1, 0.15) is 33.1 Å². The van der Waals surface area contributed by atoms with E-state index in [-0.39, 0.29) is 5.25 Å². The van der Waals surface area contributed by atoms with Gasteiger partial charge in [0.05, 0.1) is 5.25 Å². The fourth-order valence-electron chi connectivity index (χ4n) is 1.97. The number of hydrogen-bond acceptors (Lipinski definition) is 2. The molecule has 0 N–H and O–H groups in total. The Bertz CT molecular complexity index is 241. The number of sulfone groups is 1. The van der Waals surface area contributed by atoms with Crippen molar-refractivity contribution >= 4 is 9.84 Å². The third kappa shape index (κ3) is 2.22. The molecule has 72 valence electrons. The Balaban J connectivity index is 2.58. The molecule has 0 bridgehead atoms. The van der Waals surface area contributed by atoms with Gasteiger partial charge in [-0.05, 0) is 31.1 Å². The average molecular weight is 190 g/mol. The number of rotatable bonds is 2. The fraction of sp³-hybridized carbons (Fsp3) is 1.00. The van der Waals surface area contributed by atoms with E-state index in [0.717, 1.165) is 19.3 Å². The van der Waals surface area contributed by atoms with E-state index in [0.29, 0.717) is 11.8 Å².